The van der Waals surface area contributed by atoms with E-state index in [1.807, 2.05) is 4.90 Å². The second-order valence-corrected chi connectivity index (χ2v) is 7.64. The van der Waals surface area contributed by atoms with Gasteiger partial charge in [0.15, 0.2) is 0 Å². The van der Waals surface area contributed by atoms with Crippen LogP contribution in [0.4, 0.5) is 5.69 Å². The Morgan fingerprint density at radius 1 is 1.15 bits per heavy atom. The molecule has 1 saturated heterocycles. The number of hydrogen-bond donors (Lipinski definition) is 2. The highest BCUT2D eigenvalue weighted by molar-refractivity contribution is 5.99. The molecule has 6 heteroatoms. The third-order valence-electron chi connectivity index (χ3n) is 5.90. The van der Waals surface area contributed by atoms with Gasteiger partial charge in [0, 0.05) is 24.6 Å². The number of amides is 2. The van der Waals surface area contributed by atoms with Crippen LogP contribution in [-0.2, 0) is 4.79 Å². The smallest absolute Gasteiger partial charge is 0.253 e. The molecule has 0 bridgehead atoms. The number of anilines is 1. The van der Waals surface area contributed by atoms with E-state index in [-0.39, 0.29) is 23.7 Å². The number of ether oxygens (including phenoxy) is 1. The Labute approximate surface area is 161 Å². The van der Waals surface area contributed by atoms with E-state index >= 15 is 0 Å². The van der Waals surface area contributed by atoms with Crippen LogP contribution in [-0.4, -0.2) is 43.5 Å². The van der Waals surface area contributed by atoms with Crippen LogP contribution in [0.25, 0.3) is 0 Å². The number of carbonyl (C=O) groups is 2. The lowest BCUT2D eigenvalue weighted by atomic mass is 9.95. The van der Waals surface area contributed by atoms with Gasteiger partial charge >= 0.3 is 0 Å². The molecule has 3 N–H and O–H groups in total. The standard InChI is InChI=1S/C21H31N3O3/c1-27-19-10-9-15(21(26)24-11-4-2-3-5-12-24)13-18(19)23-20(25)17-8-6-7-16(17)14-22/h9-10,13,16-17H,2-8,11-12,14,22H2,1H3,(H,23,25)/t16-,17-/m1/s1. The number of carbonyl (C=O) groups excluding carboxylic acids is 2. The van der Waals surface area contributed by atoms with Crippen LogP contribution < -0.4 is 15.8 Å². The van der Waals surface area contributed by atoms with Gasteiger partial charge in [-0.1, -0.05) is 19.3 Å². The van der Waals surface area contributed by atoms with E-state index in [4.69, 9.17) is 10.5 Å². The molecule has 1 aromatic rings. The Morgan fingerprint density at radius 3 is 2.56 bits per heavy atom. The van der Waals surface area contributed by atoms with Gasteiger partial charge in [0.1, 0.15) is 5.75 Å². The van der Waals surface area contributed by atoms with Crippen molar-refractivity contribution in [2.24, 2.45) is 17.6 Å². The summed E-state index contributed by atoms with van der Waals surface area (Å²) in [5, 5.41) is 2.99. The van der Waals surface area contributed by atoms with E-state index < -0.39 is 0 Å². The van der Waals surface area contributed by atoms with Crippen LogP contribution >= 0.6 is 0 Å². The third-order valence-corrected chi connectivity index (χ3v) is 5.90. The van der Waals surface area contributed by atoms with Crippen molar-refractivity contribution >= 4 is 17.5 Å². The Bertz CT molecular complexity index is 669. The minimum absolute atomic E-state index is 0.0238. The number of nitrogens with one attached hydrogen (secondary N) is 1. The van der Waals surface area contributed by atoms with Gasteiger partial charge in [0.2, 0.25) is 5.91 Å². The maximum absolute atomic E-state index is 12.9. The molecule has 1 saturated carbocycles. The Morgan fingerprint density at radius 2 is 1.89 bits per heavy atom. The average Bonchev–Trinajstić information content (AvgIpc) is 3.01. The average molecular weight is 373 g/mol. The molecule has 2 atom stereocenters. The van der Waals surface area contributed by atoms with E-state index in [0.717, 1.165) is 45.2 Å². The molecule has 1 heterocycles. The van der Waals surface area contributed by atoms with Gasteiger partial charge in [0.25, 0.3) is 5.91 Å². The summed E-state index contributed by atoms with van der Waals surface area (Å²) in [5.41, 5.74) is 6.97. The number of rotatable bonds is 5. The van der Waals surface area contributed by atoms with Crippen molar-refractivity contribution in [3.63, 3.8) is 0 Å². The van der Waals surface area contributed by atoms with E-state index in [9.17, 15) is 9.59 Å². The number of nitrogens with two attached hydrogens (primary N) is 1. The Kier molecular flexibility index (Phi) is 6.72. The van der Waals surface area contributed by atoms with E-state index in [0.29, 0.717) is 23.5 Å². The van der Waals surface area contributed by atoms with Crippen molar-refractivity contribution in [1.29, 1.82) is 0 Å². The van der Waals surface area contributed by atoms with Crippen molar-refractivity contribution < 1.29 is 14.3 Å². The lowest BCUT2D eigenvalue weighted by Gasteiger charge is -2.22. The lowest BCUT2D eigenvalue weighted by molar-refractivity contribution is -0.120. The van der Waals surface area contributed by atoms with Crippen molar-refractivity contribution in [2.75, 3.05) is 32.1 Å². The van der Waals surface area contributed by atoms with Crippen LogP contribution in [0.3, 0.4) is 0 Å². The van der Waals surface area contributed by atoms with Crippen LogP contribution in [0, 0.1) is 11.8 Å². The summed E-state index contributed by atoms with van der Waals surface area (Å²) >= 11 is 0. The van der Waals surface area contributed by atoms with Crippen molar-refractivity contribution in [2.45, 2.75) is 44.9 Å². The van der Waals surface area contributed by atoms with Crippen LogP contribution in [0.2, 0.25) is 0 Å². The maximum Gasteiger partial charge on any atom is 0.253 e. The summed E-state index contributed by atoms with van der Waals surface area (Å²) in [5.74, 6) is 0.733. The molecule has 2 aliphatic rings. The van der Waals surface area contributed by atoms with Crippen LogP contribution in [0.15, 0.2) is 18.2 Å². The number of benzene rings is 1. The molecular formula is C21H31N3O3. The van der Waals surface area contributed by atoms with Crippen LogP contribution in [0.5, 0.6) is 5.75 Å². The Balaban J connectivity index is 1.76. The molecule has 2 fully saturated rings. The monoisotopic (exact) mass is 373 g/mol. The second kappa shape index (κ2) is 9.22. The fourth-order valence-electron chi connectivity index (χ4n) is 4.28. The summed E-state index contributed by atoms with van der Waals surface area (Å²) in [6.45, 7) is 2.13. The molecule has 0 radical (unpaired) electrons. The Hall–Kier alpha value is -2.08. The molecular weight excluding hydrogens is 342 g/mol. The highest BCUT2D eigenvalue weighted by Gasteiger charge is 2.32. The minimum Gasteiger partial charge on any atom is -0.495 e. The molecule has 2 amide bonds. The summed E-state index contributed by atoms with van der Waals surface area (Å²) < 4.78 is 5.40. The predicted octanol–water partition coefficient (Wildman–Crippen LogP) is 3.02. The first kappa shape index (κ1) is 19.7. The fraction of sp³-hybridized carbons (Fsp3) is 0.619. The van der Waals surface area contributed by atoms with Gasteiger partial charge < -0.3 is 20.7 Å². The van der Waals surface area contributed by atoms with E-state index in [1.165, 1.54) is 12.8 Å². The summed E-state index contributed by atoms with van der Waals surface area (Å²) in [6.07, 6.45) is 7.35. The largest absolute Gasteiger partial charge is 0.495 e. The molecule has 3 rings (SSSR count). The number of hydrogen-bond acceptors (Lipinski definition) is 4. The SMILES string of the molecule is COc1ccc(C(=O)N2CCCCCC2)cc1NC(=O)[C@@H]1CCC[C@@H]1CN. The van der Waals surface area contributed by atoms with Gasteiger partial charge in [-0.05, 0) is 56.3 Å². The molecule has 148 valence electrons. The van der Waals surface area contributed by atoms with Crippen molar-refractivity contribution in [3.8, 4) is 5.75 Å². The van der Waals surface area contributed by atoms with Gasteiger partial charge in [-0.2, -0.15) is 0 Å². The zero-order valence-electron chi connectivity index (χ0n) is 16.2. The number of nitrogens with zero attached hydrogens (tertiary/aromatic N) is 1. The first-order chi connectivity index (χ1) is 13.1. The third kappa shape index (κ3) is 4.61. The van der Waals surface area contributed by atoms with Gasteiger partial charge in [-0.15, -0.1) is 0 Å². The molecule has 6 nitrogen and oxygen atoms in total. The van der Waals surface area contributed by atoms with Gasteiger partial charge in [-0.25, -0.2) is 0 Å². The fourth-order valence-corrected chi connectivity index (χ4v) is 4.28. The van der Waals surface area contributed by atoms with Crippen molar-refractivity contribution in [3.05, 3.63) is 23.8 Å². The van der Waals surface area contributed by atoms with E-state index in [1.54, 1.807) is 25.3 Å². The summed E-state index contributed by atoms with van der Waals surface area (Å²) in [7, 11) is 1.57. The number of methoxy groups -OCH3 is 1. The molecule has 0 aromatic heterocycles. The lowest BCUT2D eigenvalue weighted by Crippen LogP contribution is -2.32. The predicted molar refractivity (Wildman–Crippen MR) is 106 cm³/mol. The summed E-state index contributed by atoms with van der Waals surface area (Å²) in [4.78, 5) is 27.6. The zero-order valence-corrected chi connectivity index (χ0v) is 16.2. The molecule has 1 aromatic carbocycles. The van der Waals surface area contributed by atoms with E-state index in [2.05, 4.69) is 5.32 Å². The van der Waals surface area contributed by atoms with Crippen LogP contribution in [0.1, 0.15) is 55.3 Å². The maximum atomic E-state index is 12.9. The molecule has 1 aliphatic heterocycles. The normalized spacial score (nSPS) is 23.0. The first-order valence-electron chi connectivity index (χ1n) is 10.1. The summed E-state index contributed by atoms with van der Waals surface area (Å²) in [6, 6.07) is 5.28. The van der Waals surface area contributed by atoms with Gasteiger partial charge in [-0.3, -0.25) is 9.59 Å². The zero-order chi connectivity index (χ0) is 19.2. The van der Waals surface area contributed by atoms with Crippen molar-refractivity contribution in [1.82, 2.24) is 4.90 Å². The highest BCUT2D eigenvalue weighted by atomic mass is 16.5. The van der Waals surface area contributed by atoms with Gasteiger partial charge in [0.05, 0.1) is 12.8 Å². The molecule has 1 aliphatic carbocycles. The highest BCUT2D eigenvalue weighted by Crippen LogP contribution is 2.33. The minimum atomic E-state index is -0.0651. The second-order valence-electron chi connectivity index (χ2n) is 7.64. The topological polar surface area (TPSA) is 84.7 Å². The number of likely N-dealkylation sites (tertiary alicyclic amines) is 1. The molecule has 0 spiro atoms. The first-order valence-corrected chi connectivity index (χ1v) is 10.1. The molecule has 0 unspecified atom stereocenters. The quantitative estimate of drug-likeness (QED) is 0.831. The molecule has 27 heavy (non-hydrogen) atoms.